The maximum Gasteiger partial charge on any atom is 0.357 e. The van der Waals surface area contributed by atoms with Crippen LogP contribution in [0, 0.1) is 0 Å². The number of amides is 1. The second-order valence-corrected chi connectivity index (χ2v) is 2.40. The van der Waals surface area contributed by atoms with E-state index in [1.54, 1.807) is 0 Å². The van der Waals surface area contributed by atoms with Crippen LogP contribution in [0.4, 0.5) is 5.13 Å². The lowest BCUT2D eigenvalue weighted by atomic mass is 10.7. The Morgan fingerprint density at radius 2 is 2.50 bits per heavy atom. The van der Waals surface area contributed by atoms with Crippen molar-refractivity contribution in [2.24, 2.45) is 0 Å². The number of carbonyl (C=O) groups is 1. The topological polar surface area (TPSA) is 74.8 Å². The summed E-state index contributed by atoms with van der Waals surface area (Å²) >= 11 is 0.997. The lowest BCUT2D eigenvalue weighted by molar-refractivity contribution is -0.114. The Labute approximate surface area is 60.3 Å². The molecule has 0 unspecified atom stereocenters. The molecular weight excluding hydrogens is 154 g/mol. The van der Waals surface area contributed by atoms with E-state index in [1.807, 2.05) is 0 Å². The van der Waals surface area contributed by atoms with Crippen LogP contribution in [0.1, 0.15) is 6.92 Å². The van der Waals surface area contributed by atoms with E-state index in [2.05, 4.69) is 14.7 Å². The van der Waals surface area contributed by atoms with Gasteiger partial charge in [0.25, 0.3) is 0 Å². The molecule has 0 aliphatic rings. The molecule has 1 aromatic rings. The molecule has 0 spiro atoms. The molecule has 1 amide bonds. The summed E-state index contributed by atoms with van der Waals surface area (Å²) in [6, 6.07) is 0. The van der Waals surface area contributed by atoms with Gasteiger partial charge in [0.05, 0.1) is 0 Å². The van der Waals surface area contributed by atoms with E-state index in [1.165, 1.54) is 6.92 Å². The van der Waals surface area contributed by atoms with Crippen molar-refractivity contribution in [1.82, 2.24) is 9.36 Å². The van der Waals surface area contributed by atoms with Crippen molar-refractivity contribution < 1.29 is 4.79 Å². The maximum absolute atomic E-state index is 10.4. The molecule has 0 aromatic carbocycles. The molecule has 6 heteroatoms. The van der Waals surface area contributed by atoms with Gasteiger partial charge in [0, 0.05) is 6.92 Å². The van der Waals surface area contributed by atoms with Gasteiger partial charge in [0.15, 0.2) is 0 Å². The van der Waals surface area contributed by atoms with Gasteiger partial charge in [-0.3, -0.25) is 9.17 Å². The van der Waals surface area contributed by atoms with Crippen LogP contribution in [-0.2, 0) is 4.79 Å². The minimum absolute atomic E-state index is 0.234. The molecule has 5 nitrogen and oxygen atoms in total. The largest absolute Gasteiger partial charge is 0.357 e. The van der Waals surface area contributed by atoms with E-state index in [0.29, 0.717) is 5.13 Å². The quantitative estimate of drug-likeness (QED) is 0.595. The van der Waals surface area contributed by atoms with Gasteiger partial charge >= 0.3 is 5.69 Å². The number of rotatable bonds is 1. The predicted molar refractivity (Wildman–Crippen MR) is 37.0 cm³/mol. The number of nitrogens with one attached hydrogen (secondary N) is 2. The van der Waals surface area contributed by atoms with Crippen molar-refractivity contribution in [1.29, 1.82) is 0 Å². The summed E-state index contributed by atoms with van der Waals surface area (Å²) in [5, 5.41) is 2.67. The molecule has 0 bridgehead atoms. The molecule has 54 valence electrons. The van der Waals surface area contributed by atoms with E-state index in [4.69, 9.17) is 0 Å². The van der Waals surface area contributed by atoms with Gasteiger partial charge in [-0.1, -0.05) is 0 Å². The number of hydrogen-bond donors (Lipinski definition) is 2. The van der Waals surface area contributed by atoms with Crippen LogP contribution in [0.15, 0.2) is 4.79 Å². The highest BCUT2D eigenvalue weighted by molar-refractivity contribution is 7.09. The number of nitrogens with zero attached hydrogens (tertiary/aromatic N) is 1. The number of anilines is 1. The van der Waals surface area contributed by atoms with Crippen molar-refractivity contribution in [2.45, 2.75) is 6.92 Å². The lowest BCUT2D eigenvalue weighted by Gasteiger charge is -1.89. The molecule has 0 saturated carbocycles. The van der Waals surface area contributed by atoms with Gasteiger partial charge in [-0.25, -0.2) is 4.79 Å². The Hall–Kier alpha value is -1.17. The first-order valence-corrected chi connectivity index (χ1v) is 3.33. The van der Waals surface area contributed by atoms with Gasteiger partial charge in [-0.15, -0.1) is 0 Å². The SMILES string of the molecule is CC(=O)Nc1nc(=O)[nH]s1. The summed E-state index contributed by atoms with van der Waals surface area (Å²) in [4.78, 5) is 24.2. The van der Waals surface area contributed by atoms with Crippen molar-refractivity contribution in [2.75, 3.05) is 5.32 Å². The van der Waals surface area contributed by atoms with Crippen LogP contribution >= 0.6 is 11.5 Å². The highest BCUT2D eigenvalue weighted by atomic mass is 32.1. The van der Waals surface area contributed by atoms with Crippen LogP contribution < -0.4 is 11.0 Å². The average molecular weight is 159 g/mol. The normalized spacial score (nSPS) is 9.30. The van der Waals surface area contributed by atoms with E-state index in [0.717, 1.165) is 11.5 Å². The number of aromatic nitrogens is 2. The van der Waals surface area contributed by atoms with Crippen LogP contribution in [0.5, 0.6) is 0 Å². The van der Waals surface area contributed by atoms with Crippen LogP contribution in [-0.4, -0.2) is 15.3 Å². The number of H-pyrrole nitrogens is 1. The van der Waals surface area contributed by atoms with Gasteiger partial charge in [0.1, 0.15) is 0 Å². The summed E-state index contributed by atoms with van der Waals surface area (Å²) in [6.07, 6.45) is 0. The van der Waals surface area contributed by atoms with Crippen molar-refractivity contribution in [3.8, 4) is 0 Å². The molecule has 0 atom stereocenters. The fourth-order valence-electron chi connectivity index (χ4n) is 0.434. The zero-order valence-corrected chi connectivity index (χ0v) is 5.99. The van der Waals surface area contributed by atoms with Crippen molar-refractivity contribution in [3.05, 3.63) is 10.5 Å². The van der Waals surface area contributed by atoms with Gasteiger partial charge in [-0.2, -0.15) is 4.98 Å². The van der Waals surface area contributed by atoms with E-state index >= 15 is 0 Å². The molecule has 0 radical (unpaired) electrons. The summed E-state index contributed by atoms with van der Waals surface area (Å²) in [5.74, 6) is -0.234. The fraction of sp³-hybridized carbons (Fsp3) is 0.250. The summed E-state index contributed by atoms with van der Waals surface area (Å²) in [7, 11) is 0. The highest BCUT2D eigenvalue weighted by Crippen LogP contribution is 2.02. The standard InChI is InChI=1S/C4H5N3O2S/c1-2(8)5-4-6-3(9)7-10-4/h1H3,(H2,5,6,7,8,9). The van der Waals surface area contributed by atoms with Crippen LogP contribution in [0.3, 0.4) is 0 Å². The number of carbonyl (C=O) groups excluding carboxylic acids is 1. The maximum atomic E-state index is 10.4. The molecule has 1 rings (SSSR count). The van der Waals surface area contributed by atoms with E-state index in [-0.39, 0.29) is 5.91 Å². The van der Waals surface area contributed by atoms with E-state index in [9.17, 15) is 9.59 Å². The fourth-order valence-corrected chi connectivity index (χ4v) is 0.987. The average Bonchev–Trinajstić information content (AvgIpc) is 2.13. The minimum Gasteiger partial charge on any atom is -0.301 e. The molecule has 0 aliphatic heterocycles. The van der Waals surface area contributed by atoms with Crippen LogP contribution in [0.2, 0.25) is 0 Å². The first kappa shape index (κ1) is 6.94. The number of hydrogen-bond acceptors (Lipinski definition) is 4. The Balaban J connectivity index is 2.76. The third kappa shape index (κ3) is 1.66. The molecule has 1 aromatic heterocycles. The first-order chi connectivity index (χ1) is 4.68. The monoisotopic (exact) mass is 159 g/mol. The molecule has 0 fully saturated rings. The Kier molecular flexibility index (Phi) is 1.81. The van der Waals surface area contributed by atoms with Crippen LogP contribution in [0.25, 0.3) is 0 Å². The van der Waals surface area contributed by atoms with E-state index < -0.39 is 5.69 Å². The first-order valence-electron chi connectivity index (χ1n) is 2.51. The third-order valence-electron chi connectivity index (χ3n) is 0.721. The second kappa shape index (κ2) is 2.61. The third-order valence-corrected chi connectivity index (χ3v) is 1.38. The molecule has 1 heterocycles. The lowest BCUT2D eigenvalue weighted by Crippen LogP contribution is -2.07. The zero-order chi connectivity index (χ0) is 7.56. The Bertz CT molecular complexity index is 289. The van der Waals surface area contributed by atoms with Gasteiger partial charge in [-0.05, 0) is 11.5 Å². The summed E-state index contributed by atoms with van der Waals surface area (Å²) in [6.45, 7) is 1.35. The number of aromatic amines is 1. The second-order valence-electron chi connectivity index (χ2n) is 1.61. The van der Waals surface area contributed by atoms with Crippen molar-refractivity contribution >= 4 is 22.6 Å². The summed E-state index contributed by atoms with van der Waals surface area (Å²) in [5.41, 5.74) is -0.436. The smallest absolute Gasteiger partial charge is 0.301 e. The molecule has 2 N–H and O–H groups in total. The predicted octanol–water partition coefficient (Wildman–Crippen LogP) is -0.210. The highest BCUT2D eigenvalue weighted by Gasteiger charge is 1.98. The Morgan fingerprint density at radius 1 is 1.80 bits per heavy atom. The molecule has 10 heavy (non-hydrogen) atoms. The van der Waals surface area contributed by atoms with Gasteiger partial charge < -0.3 is 5.32 Å². The molecular formula is C4H5N3O2S. The molecule has 0 saturated heterocycles. The van der Waals surface area contributed by atoms with Gasteiger partial charge in [0.2, 0.25) is 11.0 Å². The molecule has 0 aliphatic carbocycles. The zero-order valence-electron chi connectivity index (χ0n) is 5.17. The summed E-state index contributed by atoms with van der Waals surface area (Å²) < 4.78 is 2.33. The Morgan fingerprint density at radius 3 is 2.90 bits per heavy atom. The minimum atomic E-state index is -0.436. The van der Waals surface area contributed by atoms with Crippen molar-refractivity contribution in [3.63, 3.8) is 0 Å².